The molecule has 3 aliphatic heterocycles. The molecule has 0 amide bonds. The minimum absolute atomic E-state index is 0.571. The summed E-state index contributed by atoms with van der Waals surface area (Å²) in [4.78, 5) is 5.17. The molecule has 0 aromatic carbocycles. The first kappa shape index (κ1) is 14.6. The van der Waals surface area contributed by atoms with Crippen LogP contribution in [0.2, 0.25) is 0 Å². The van der Waals surface area contributed by atoms with Crippen molar-refractivity contribution in [2.45, 2.75) is 12.6 Å². The number of rotatable bonds is 3. The molecule has 3 aliphatic rings. The smallest absolute Gasteiger partial charge is 0.0625 e. The molecular formula is C16H26N4O2. The van der Waals surface area contributed by atoms with Gasteiger partial charge in [0, 0.05) is 63.5 Å². The molecule has 0 saturated carbocycles. The van der Waals surface area contributed by atoms with Crippen molar-refractivity contribution in [2.75, 3.05) is 52.6 Å². The molecule has 0 spiro atoms. The van der Waals surface area contributed by atoms with Crippen LogP contribution in [0.25, 0.3) is 0 Å². The van der Waals surface area contributed by atoms with Gasteiger partial charge in [-0.2, -0.15) is 5.10 Å². The Morgan fingerprint density at radius 2 is 2.05 bits per heavy atom. The van der Waals surface area contributed by atoms with Crippen LogP contribution in [-0.2, 0) is 23.1 Å². The number of fused-ring (bicyclic) bond motifs is 1. The number of aryl methyl sites for hydroxylation is 1. The molecule has 1 aromatic rings. The van der Waals surface area contributed by atoms with E-state index in [4.69, 9.17) is 9.47 Å². The highest BCUT2D eigenvalue weighted by Crippen LogP contribution is 2.33. The van der Waals surface area contributed by atoms with Crippen LogP contribution < -0.4 is 0 Å². The van der Waals surface area contributed by atoms with Crippen LogP contribution in [0.5, 0.6) is 0 Å². The van der Waals surface area contributed by atoms with Gasteiger partial charge in [-0.05, 0) is 5.92 Å². The number of likely N-dealkylation sites (tertiary alicyclic amines) is 1. The normalized spacial score (nSPS) is 34.0. The fourth-order valence-corrected chi connectivity index (χ4v) is 4.29. The summed E-state index contributed by atoms with van der Waals surface area (Å²) in [5.74, 6) is 1.42. The van der Waals surface area contributed by atoms with Crippen LogP contribution in [-0.4, -0.2) is 78.2 Å². The highest BCUT2D eigenvalue weighted by molar-refractivity contribution is 5.05. The first-order chi connectivity index (χ1) is 10.8. The van der Waals surface area contributed by atoms with Gasteiger partial charge in [-0.1, -0.05) is 0 Å². The predicted molar refractivity (Wildman–Crippen MR) is 82.5 cm³/mol. The molecular weight excluding hydrogens is 280 g/mol. The van der Waals surface area contributed by atoms with Gasteiger partial charge < -0.3 is 9.47 Å². The first-order valence-electron chi connectivity index (χ1n) is 8.39. The van der Waals surface area contributed by atoms with Crippen LogP contribution in [0.1, 0.15) is 5.56 Å². The molecule has 4 rings (SSSR count). The Hall–Kier alpha value is -0.950. The zero-order valence-electron chi connectivity index (χ0n) is 13.4. The first-order valence-corrected chi connectivity index (χ1v) is 8.39. The average molecular weight is 306 g/mol. The molecule has 4 heterocycles. The van der Waals surface area contributed by atoms with Crippen molar-refractivity contribution in [3.05, 3.63) is 18.0 Å². The Kier molecular flexibility index (Phi) is 4.17. The maximum Gasteiger partial charge on any atom is 0.0625 e. The molecule has 3 saturated heterocycles. The molecule has 3 atom stereocenters. The van der Waals surface area contributed by atoms with E-state index in [1.54, 1.807) is 0 Å². The van der Waals surface area contributed by atoms with Crippen LogP contribution in [0.4, 0.5) is 0 Å². The Morgan fingerprint density at radius 1 is 1.18 bits per heavy atom. The van der Waals surface area contributed by atoms with Gasteiger partial charge in [0.25, 0.3) is 0 Å². The van der Waals surface area contributed by atoms with E-state index in [0.717, 1.165) is 58.5 Å². The van der Waals surface area contributed by atoms with Gasteiger partial charge in [0.15, 0.2) is 0 Å². The SMILES string of the molecule is Cn1cc(CN2C[C@H]3COC[C@H](N4CCOCC4)[C@H]3C2)cn1. The van der Waals surface area contributed by atoms with Crippen molar-refractivity contribution >= 4 is 0 Å². The van der Waals surface area contributed by atoms with Gasteiger partial charge in [0.2, 0.25) is 0 Å². The number of nitrogens with zero attached hydrogens (tertiary/aromatic N) is 4. The molecule has 22 heavy (non-hydrogen) atoms. The van der Waals surface area contributed by atoms with Crippen LogP contribution in [0, 0.1) is 11.8 Å². The van der Waals surface area contributed by atoms with E-state index in [1.165, 1.54) is 12.1 Å². The molecule has 1 aromatic heterocycles. The molecule has 6 nitrogen and oxygen atoms in total. The molecule has 0 aliphatic carbocycles. The van der Waals surface area contributed by atoms with Gasteiger partial charge in [-0.3, -0.25) is 14.5 Å². The molecule has 3 fully saturated rings. The Balaban J connectivity index is 1.41. The third-order valence-corrected chi connectivity index (χ3v) is 5.36. The fourth-order valence-electron chi connectivity index (χ4n) is 4.29. The van der Waals surface area contributed by atoms with Crippen molar-refractivity contribution in [3.63, 3.8) is 0 Å². The fraction of sp³-hybridized carbons (Fsp3) is 0.812. The number of hydrogen-bond donors (Lipinski definition) is 0. The van der Waals surface area contributed by atoms with Crippen molar-refractivity contribution in [1.29, 1.82) is 0 Å². The summed E-state index contributed by atoms with van der Waals surface area (Å²) in [6, 6.07) is 0.571. The van der Waals surface area contributed by atoms with Gasteiger partial charge in [-0.15, -0.1) is 0 Å². The average Bonchev–Trinajstić information content (AvgIpc) is 3.13. The number of morpholine rings is 1. The summed E-state index contributed by atoms with van der Waals surface area (Å²) in [7, 11) is 1.98. The van der Waals surface area contributed by atoms with Crippen LogP contribution >= 0.6 is 0 Å². The summed E-state index contributed by atoms with van der Waals surface area (Å²) in [6.07, 6.45) is 4.11. The zero-order chi connectivity index (χ0) is 14.9. The van der Waals surface area contributed by atoms with Crippen molar-refractivity contribution in [3.8, 4) is 0 Å². The molecule has 0 bridgehead atoms. The third kappa shape index (κ3) is 2.93. The Morgan fingerprint density at radius 3 is 2.82 bits per heavy atom. The van der Waals surface area contributed by atoms with E-state index in [-0.39, 0.29) is 0 Å². The largest absolute Gasteiger partial charge is 0.379 e. The predicted octanol–water partition coefficient (Wildman–Crippen LogP) is 0.199. The van der Waals surface area contributed by atoms with Gasteiger partial charge in [-0.25, -0.2) is 0 Å². The number of ether oxygens (including phenoxy) is 2. The highest BCUT2D eigenvalue weighted by atomic mass is 16.5. The van der Waals surface area contributed by atoms with Gasteiger partial charge >= 0.3 is 0 Å². The maximum absolute atomic E-state index is 5.93. The van der Waals surface area contributed by atoms with Crippen molar-refractivity contribution in [1.82, 2.24) is 19.6 Å². The minimum atomic E-state index is 0.571. The number of hydrogen-bond acceptors (Lipinski definition) is 5. The van der Waals surface area contributed by atoms with Gasteiger partial charge in [0.1, 0.15) is 0 Å². The lowest BCUT2D eigenvalue weighted by atomic mass is 9.86. The summed E-state index contributed by atoms with van der Waals surface area (Å²) in [5, 5.41) is 4.28. The molecule has 122 valence electrons. The summed E-state index contributed by atoms with van der Waals surface area (Å²) >= 11 is 0. The molecule has 0 radical (unpaired) electrons. The third-order valence-electron chi connectivity index (χ3n) is 5.36. The monoisotopic (exact) mass is 306 g/mol. The van der Waals surface area contributed by atoms with E-state index in [0.29, 0.717) is 12.0 Å². The molecule has 0 unspecified atom stereocenters. The second kappa shape index (κ2) is 6.28. The van der Waals surface area contributed by atoms with Crippen LogP contribution in [0.15, 0.2) is 12.4 Å². The van der Waals surface area contributed by atoms with E-state index >= 15 is 0 Å². The zero-order valence-corrected chi connectivity index (χ0v) is 13.4. The Bertz CT molecular complexity index is 500. The standard InChI is InChI=1S/C16H26N4O2/c1-18-7-13(6-17-18)8-19-9-14-11-22-12-16(15(14)10-19)20-2-4-21-5-3-20/h6-7,14-16H,2-5,8-12H2,1H3/t14-,15-,16-/m0/s1. The molecule has 0 N–H and O–H groups in total. The number of aromatic nitrogens is 2. The lowest BCUT2D eigenvalue weighted by Crippen LogP contribution is -2.53. The lowest BCUT2D eigenvalue weighted by molar-refractivity contribution is -0.0683. The Labute approximate surface area is 132 Å². The lowest BCUT2D eigenvalue weighted by Gasteiger charge is -2.42. The van der Waals surface area contributed by atoms with Crippen molar-refractivity contribution < 1.29 is 9.47 Å². The van der Waals surface area contributed by atoms with Crippen molar-refractivity contribution in [2.24, 2.45) is 18.9 Å². The molecule has 6 heteroatoms. The summed E-state index contributed by atoms with van der Waals surface area (Å²) < 4.78 is 13.3. The van der Waals surface area contributed by atoms with E-state index in [9.17, 15) is 0 Å². The van der Waals surface area contributed by atoms with Crippen LogP contribution in [0.3, 0.4) is 0 Å². The highest BCUT2D eigenvalue weighted by Gasteiger charge is 2.43. The van der Waals surface area contributed by atoms with E-state index in [1.807, 2.05) is 17.9 Å². The summed E-state index contributed by atoms with van der Waals surface area (Å²) in [5.41, 5.74) is 1.31. The second-order valence-electron chi connectivity index (χ2n) is 6.89. The van der Waals surface area contributed by atoms with E-state index in [2.05, 4.69) is 21.1 Å². The summed E-state index contributed by atoms with van der Waals surface area (Å²) in [6.45, 7) is 9.01. The van der Waals surface area contributed by atoms with Gasteiger partial charge in [0.05, 0.1) is 32.6 Å². The van der Waals surface area contributed by atoms with E-state index < -0.39 is 0 Å². The topological polar surface area (TPSA) is 42.8 Å². The minimum Gasteiger partial charge on any atom is -0.379 e. The second-order valence-corrected chi connectivity index (χ2v) is 6.89. The maximum atomic E-state index is 5.93. The quantitative estimate of drug-likeness (QED) is 0.798.